The number of ether oxygens (including phenoxy) is 1. The van der Waals surface area contributed by atoms with Gasteiger partial charge in [-0.15, -0.1) is 0 Å². The fourth-order valence-electron chi connectivity index (χ4n) is 2.32. The first-order valence-electron chi connectivity index (χ1n) is 6.01. The number of amides is 1. The van der Waals surface area contributed by atoms with Crippen LogP contribution in [-0.4, -0.2) is 60.8 Å². The number of likely N-dealkylation sites (tertiary alicyclic amines) is 1. The summed E-state index contributed by atoms with van der Waals surface area (Å²) in [5.41, 5.74) is 0. The van der Waals surface area contributed by atoms with Crippen molar-refractivity contribution in [2.75, 3.05) is 32.8 Å². The van der Waals surface area contributed by atoms with Gasteiger partial charge in [0, 0.05) is 19.6 Å². The molecule has 0 radical (unpaired) electrons. The van der Waals surface area contributed by atoms with Crippen LogP contribution in [-0.2, 0) is 14.3 Å². The molecule has 2 unspecified atom stereocenters. The fourth-order valence-corrected chi connectivity index (χ4v) is 2.32. The molecule has 0 aromatic carbocycles. The van der Waals surface area contributed by atoms with E-state index in [1.807, 2.05) is 0 Å². The Balaban J connectivity index is 1.91. The molecule has 2 fully saturated rings. The van der Waals surface area contributed by atoms with Crippen molar-refractivity contribution >= 4 is 11.9 Å². The van der Waals surface area contributed by atoms with Gasteiger partial charge >= 0.3 is 5.97 Å². The third kappa shape index (κ3) is 2.95. The zero-order chi connectivity index (χ0) is 12.3. The normalized spacial score (nSPS) is 30.0. The molecule has 6 nitrogen and oxygen atoms in total. The lowest BCUT2D eigenvalue weighted by Crippen LogP contribution is -2.55. The number of aliphatic carboxylic acids is 1. The quantitative estimate of drug-likeness (QED) is 0.669. The van der Waals surface area contributed by atoms with Crippen molar-refractivity contribution in [3.63, 3.8) is 0 Å². The van der Waals surface area contributed by atoms with Crippen LogP contribution in [0.2, 0.25) is 0 Å². The Hall–Kier alpha value is -1.14. The minimum Gasteiger partial charge on any atom is -0.481 e. The Kier molecular flexibility index (Phi) is 3.96. The van der Waals surface area contributed by atoms with Crippen LogP contribution < -0.4 is 5.32 Å². The summed E-state index contributed by atoms with van der Waals surface area (Å²) < 4.78 is 5.24. The number of nitrogens with zero attached hydrogens (tertiary/aromatic N) is 1. The third-order valence-corrected chi connectivity index (χ3v) is 3.30. The Morgan fingerprint density at radius 1 is 1.41 bits per heavy atom. The Labute approximate surface area is 99.9 Å². The summed E-state index contributed by atoms with van der Waals surface area (Å²) in [6.45, 7) is 2.66. The number of carbonyl (C=O) groups excluding carboxylic acids is 1. The summed E-state index contributed by atoms with van der Waals surface area (Å²) in [6.07, 6.45) is 1.42. The molecule has 0 aromatic heterocycles. The zero-order valence-electron chi connectivity index (χ0n) is 9.72. The zero-order valence-corrected chi connectivity index (χ0v) is 9.72. The van der Waals surface area contributed by atoms with Crippen LogP contribution in [0.25, 0.3) is 0 Å². The maximum absolute atomic E-state index is 12.1. The minimum atomic E-state index is -0.810. The van der Waals surface area contributed by atoms with E-state index in [4.69, 9.17) is 9.84 Å². The number of carboxylic acids is 1. The predicted octanol–water partition coefficient (Wildman–Crippen LogP) is -0.702. The van der Waals surface area contributed by atoms with E-state index in [2.05, 4.69) is 5.32 Å². The SMILES string of the molecule is O=C(O)C1CCCN(C(=O)C2COCCN2)C1. The van der Waals surface area contributed by atoms with Crippen LogP contribution in [0.15, 0.2) is 0 Å². The van der Waals surface area contributed by atoms with E-state index in [0.29, 0.717) is 39.3 Å². The Morgan fingerprint density at radius 3 is 2.88 bits per heavy atom. The highest BCUT2D eigenvalue weighted by Crippen LogP contribution is 2.17. The van der Waals surface area contributed by atoms with Gasteiger partial charge < -0.3 is 20.1 Å². The van der Waals surface area contributed by atoms with Crippen molar-refractivity contribution < 1.29 is 19.4 Å². The van der Waals surface area contributed by atoms with Crippen molar-refractivity contribution in [2.24, 2.45) is 5.92 Å². The van der Waals surface area contributed by atoms with Crippen LogP contribution in [0, 0.1) is 5.92 Å². The molecule has 6 heteroatoms. The third-order valence-electron chi connectivity index (χ3n) is 3.30. The number of piperidine rings is 1. The van der Waals surface area contributed by atoms with E-state index in [9.17, 15) is 9.59 Å². The summed E-state index contributed by atoms with van der Waals surface area (Å²) >= 11 is 0. The molecule has 2 saturated heterocycles. The summed E-state index contributed by atoms with van der Waals surface area (Å²) in [7, 11) is 0. The lowest BCUT2D eigenvalue weighted by atomic mass is 9.97. The number of morpholine rings is 1. The van der Waals surface area contributed by atoms with Crippen LogP contribution in [0.3, 0.4) is 0 Å². The van der Waals surface area contributed by atoms with Gasteiger partial charge in [0.2, 0.25) is 5.91 Å². The maximum atomic E-state index is 12.1. The van der Waals surface area contributed by atoms with Crippen LogP contribution in [0.1, 0.15) is 12.8 Å². The first-order chi connectivity index (χ1) is 8.18. The van der Waals surface area contributed by atoms with Gasteiger partial charge in [-0.3, -0.25) is 9.59 Å². The molecule has 2 aliphatic rings. The van der Waals surface area contributed by atoms with Gasteiger partial charge in [0.1, 0.15) is 6.04 Å². The highest BCUT2D eigenvalue weighted by molar-refractivity contribution is 5.83. The Morgan fingerprint density at radius 2 is 2.24 bits per heavy atom. The molecule has 2 N–H and O–H groups in total. The molecule has 17 heavy (non-hydrogen) atoms. The first kappa shape index (κ1) is 12.3. The lowest BCUT2D eigenvalue weighted by molar-refractivity contribution is -0.147. The monoisotopic (exact) mass is 242 g/mol. The summed E-state index contributed by atoms with van der Waals surface area (Å²) in [5.74, 6) is -1.26. The van der Waals surface area contributed by atoms with Crippen LogP contribution in [0.4, 0.5) is 0 Å². The number of hydrogen-bond donors (Lipinski definition) is 2. The molecule has 1 amide bonds. The second kappa shape index (κ2) is 5.46. The molecular formula is C11H18N2O4. The average molecular weight is 242 g/mol. The molecule has 2 aliphatic heterocycles. The average Bonchev–Trinajstić information content (AvgIpc) is 2.39. The van der Waals surface area contributed by atoms with Crippen LogP contribution >= 0.6 is 0 Å². The van der Waals surface area contributed by atoms with E-state index in [-0.39, 0.29) is 11.9 Å². The van der Waals surface area contributed by atoms with E-state index >= 15 is 0 Å². The van der Waals surface area contributed by atoms with E-state index in [1.165, 1.54) is 0 Å². The number of carbonyl (C=O) groups is 2. The van der Waals surface area contributed by atoms with E-state index in [0.717, 1.165) is 6.42 Å². The molecule has 96 valence electrons. The van der Waals surface area contributed by atoms with Gasteiger partial charge in [0.15, 0.2) is 0 Å². The highest BCUT2D eigenvalue weighted by Gasteiger charge is 2.32. The number of hydrogen-bond acceptors (Lipinski definition) is 4. The molecule has 0 aromatic rings. The largest absolute Gasteiger partial charge is 0.481 e. The Bertz CT molecular complexity index is 302. The smallest absolute Gasteiger partial charge is 0.308 e. The summed E-state index contributed by atoms with van der Waals surface area (Å²) in [6, 6.07) is -0.309. The molecule has 0 bridgehead atoms. The summed E-state index contributed by atoms with van der Waals surface area (Å²) in [4.78, 5) is 24.7. The number of nitrogens with one attached hydrogen (secondary N) is 1. The second-order valence-electron chi connectivity index (χ2n) is 4.54. The maximum Gasteiger partial charge on any atom is 0.308 e. The highest BCUT2D eigenvalue weighted by atomic mass is 16.5. The van der Waals surface area contributed by atoms with Gasteiger partial charge in [0.25, 0.3) is 0 Å². The molecule has 2 atom stereocenters. The molecule has 0 saturated carbocycles. The molecule has 2 heterocycles. The van der Waals surface area contributed by atoms with Crippen molar-refractivity contribution in [1.29, 1.82) is 0 Å². The van der Waals surface area contributed by atoms with Gasteiger partial charge in [0.05, 0.1) is 19.1 Å². The predicted molar refractivity (Wildman–Crippen MR) is 59.5 cm³/mol. The van der Waals surface area contributed by atoms with Crippen molar-refractivity contribution in [3.05, 3.63) is 0 Å². The topological polar surface area (TPSA) is 78.9 Å². The number of rotatable bonds is 2. The fraction of sp³-hybridized carbons (Fsp3) is 0.818. The second-order valence-corrected chi connectivity index (χ2v) is 4.54. The van der Waals surface area contributed by atoms with Gasteiger partial charge in [-0.05, 0) is 12.8 Å². The lowest BCUT2D eigenvalue weighted by Gasteiger charge is -2.34. The van der Waals surface area contributed by atoms with Crippen molar-refractivity contribution in [2.45, 2.75) is 18.9 Å². The van der Waals surface area contributed by atoms with Crippen molar-refractivity contribution in [1.82, 2.24) is 10.2 Å². The van der Waals surface area contributed by atoms with Gasteiger partial charge in [-0.1, -0.05) is 0 Å². The first-order valence-corrected chi connectivity index (χ1v) is 6.01. The van der Waals surface area contributed by atoms with Crippen molar-refractivity contribution in [3.8, 4) is 0 Å². The van der Waals surface area contributed by atoms with Crippen LogP contribution in [0.5, 0.6) is 0 Å². The summed E-state index contributed by atoms with van der Waals surface area (Å²) in [5, 5.41) is 12.1. The molecule has 2 rings (SSSR count). The van der Waals surface area contributed by atoms with E-state index < -0.39 is 11.9 Å². The van der Waals surface area contributed by atoms with Gasteiger partial charge in [-0.25, -0.2) is 0 Å². The number of carboxylic acid groups (broad SMARTS) is 1. The van der Waals surface area contributed by atoms with E-state index in [1.54, 1.807) is 4.90 Å². The minimum absolute atomic E-state index is 0.0318. The molecular weight excluding hydrogens is 224 g/mol. The molecule has 0 aliphatic carbocycles. The standard InChI is InChI=1S/C11H18N2O4/c14-10(9-7-17-5-3-12-9)13-4-1-2-8(6-13)11(15)16/h8-9,12H,1-7H2,(H,15,16). The molecule has 0 spiro atoms. The van der Waals surface area contributed by atoms with Gasteiger partial charge in [-0.2, -0.15) is 0 Å².